The number of nitrogens with two attached hydrogens (primary N) is 1. The summed E-state index contributed by atoms with van der Waals surface area (Å²) in [5.41, 5.74) is 6.05. The number of nitrogens with zero attached hydrogens (tertiary/aromatic N) is 1. The minimum atomic E-state index is -3.82. The van der Waals surface area contributed by atoms with Crippen LogP contribution in [0.2, 0.25) is 5.02 Å². The van der Waals surface area contributed by atoms with E-state index in [4.69, 9.17) is 17.3 Å². The maximum atomic E-state index is 13.6. The quantitative estimate of drug-likeness (QED) is 0.878. The van der Waals surface area contributed by atoms with Crippen molar-refractivity contribution in [3.8, 4) is 0 Å². The summed E-state index contributed by atoms with van der Waals surface area (Å²) in [6.07, 6.45) is 0. The second-order valence-corrected chi connectivity index (χ2v) is 6.98. The molecule has 4 nitrogen and oxygen atoms in total. The van der Waals surface area contributed by atoms with Gasteiger partial charge in [-0.3, -0.25) is 0 Å². The number of benzene rings is 2. The van der Waals surface area contributed by atoms with Crippen molar-refractivity contribution in [2.75, 3.05) is 12.8 Å². The predicted octanol–water partition coefficient (Wildman–Crippen LogP) is 2.88. The maximum absolute atomic E-state index is 13.6. The number of anilines is 1. The van der Waals surface area contributed by atoms with Gasteiger partial charge in [-0.05, 0) is 24.3 Å². The first kappa shape index (κ1) is 15.8. The van der Waals surface area contributed by atoms with Crippen LogP contribution in [0.15, 0.2) is 47.4 Å². The van der Waals surface area contributed by atoms with Crippen molar-refractivity contribution in [3.63, 3.8) is 0 Å². The molecule has 0 aliphatic heterocycles. The summed E-state index contributed by atoms with van der Waals surface area (Å²) in [7, 11) is -2.45. The van der Waals surface area contributed by atoms with Crippen LogP contribution in [0.1, 0.15) is 5.56 Å². The highest BCUT2D eigenvalue weighted by Gasteiger charge is 2.24. The summed E-state index contributed by atoms with van der Waals surface area (Å²) in [4.78, 5) is -0.0502. The van der Waals surface area contributed by atoms with Gasteiger partial charge in [0.05, 0.1) is 5.69 Å². The van der Waals surface area contributed by atoms with Crippen LogP contribution in [0, 0.1) is 5.82 Å². The van der Waals surface area contributed by atoms with Crippen LogP contribution in [-0.2, 0) is 16.6 Å². The van der Waals surface area contributed by atoms with E-state index in [1.165, 1.54) is 37.4 Å². The molecule has 0 amide bonds. The Morgan fingerprint density at radius 1 is 1.24 bits per heavy atom. The zero-order valence-corrected chi connectivity index (χ0v) is 12.8. The summed E-state index contributed by atoms with van der Waals surface area (Å²) < 4.78 is 39.6. The molecule has 2 aromatic rings. The molecule has 0 aromatic heterocycles. The van der Waals surface area contributed by atoms with Crippen LogP contribution < -0.4 is 5.73 Å². The molecule has 0 unspecified atom stereocenters. The molecule has 2 aromatic carbocycles. The van der Waals surface area contributed by atoms with Crippen LogP contribution in [0.3, 0.4) is 0 Å². The minimum absolute atomic E-state index is 0.0502. The van der Waals surface area contributed by atoms with E-state index >= 15 is 0 Å². The molecule has 21 heavy (non-hydrogen) atoms. The van der Waals surface area contributed by atoms with Gasteiger partial charge in [0, 0.05) is 24.2 Å². The van der Waals surface area contributed by atoms with E-state index in [-0.39, 0.29) is 22.7 Å². The Morgan fingerprint density at radius 3 is 2.52 bits per heavy atom. The van der Waals surface area contributed by atoms with Crippen LogP contribution in [-0.4, -0.2) is 19.8 Å². The van der Waals surface area contributed by atoms with Crippen molar-refractivity contribution in [1.82, 2.24) is 4.31 Å². The molecule has 0 radical (unpaired) electrons. The Kier molecular flexibility index (Phi) is 4.51. The van der Waals surface area contributed by atoms with Gasteiger partial charge in [-0.1, -0.05) is 29.8 Å². The zero-order valence-electron chi connectivity index (χ0n) is 11.3. The van der Waals surface area contributed by atoms with Gasteiger partial charge in [-0.25, -0.2) is 12.8 Å². The third-order valence-electron chi connectivity index (χ3n) is 3.01. The molecule has 7 heteroatoms. The van der Waals surface area contributed by atoms with Crippen molar-refractivity contribution in [2.24, 2.45) is 0 Å². The molecule has 0 atom stereocenters. The Bertz CT molecular complexity index is 765. The van der Waals surface area contributed by atoms with Crippen molar-refractivity contribution < 1.29 is 12.8 Å². The summed E-state index contributed by atoms with van der Waals surface area (Å²) in [5.74, 6) is -0.455. The van der Waals surface area contributed by atoms with Crippen molar-refractivity contribution in [3.05, 3.63) is 58.9 Å². The number of hydrogen-bond acceptors (Lipinski definition) is 3. The van der Waals surface area contributed by atoms with E-state index in [9.17, 15) is 12.8 Å². The number of halogens is 2. The molecule has 0 saturated heterocycles. The van der Waals surface area contributed by atoms with Gasteiger partial charge in [0.15, 0.2) is 0 Å². The van der Waals surface area contributed by atoms with Crippen LogP contribution in [0.5, 0.6) is 0 Å². The van der Waals surface area contributed by atoms with Gasteiger partial charge >= 0.3 is 0 Å². The second-order valence-electron chi connectivity index (χ2n) is 4.53. The number of nitrogen functional groups attached to an aromatic ring is 1. The normalized spacial score (nSPS) is 11.8. The molecule has 0 heterocycles. The topological polar surface area (TPSA) is 63.4 Å². The highest BCUT2D eigenvalue weighted by atomic mass is 35.5. The Balaban J connectivity index is 2.33. The molecule has 0 aliphatic rings. The summed E-state index contributed by atoms with van der Waals surface area (Å²) >= 11 is 5.76. The Morgan fingerprint density at radius 2 is 1.90 bits per heavy atom. The van der Waals surface area contributed by atoms with Gasteiger partial charge in [0.2, 0.25) is 10.0 Å². The molecule has 0 bridgehead atoms. The van der Waals surface area contributed by atoms with E-state index < -0.39 is 15.8 Å². The lowest BCUT2D eigenvalue weighted by molar-refractivity contribution is 0.456. The summed E-state index contributed by atoms with van der Waals surface area (Å²) in [6.45, 7) is -0.0862. The first-order chi connectivity index (χ1) is 9.82. The lowest BCUT2D eigenvalue weighted by atomic mass is 10.2. The molecule has 112 valence electrons. The lowest BCUT2D eigenvalue weighted by Crippen LogP contribution is -2.27. The highest BCUT2D eigenvalue weighted by molar-refractivity contribution is 7.89. The van der Waals surface area contributed by atoms with E-state index in [2.05, 4.69) is 0 Å². The lowest BCUT2D eigenvalue weighted by Gasteiger charge is -2.18. The SMILES string of the molecule is CN(Cc1ccccc1F)S(=O)(=O)c1ccc(Cl)cc1N. The number of rotatable bonds is 4. The average molecular weight is 329 g/mol. The predicted molar refractivity (Wildman–Crippen MR) is 80.9 cm³/mol. The standard InChI is InChI=1S/C14H14ClFN2O2S/c1-18(9-10-4-2-3-5-12(10)16)21(19,20)14-7-6-11(15)8-13(14)17/h2-8H,9,17H2,1H3. The molecule has 0 aliphatic carbocycles. The number of hydrogen-bond donors (Lipinski definition) is 1. The van der Waals surface area contributed by atoms with Crippen molar-refractivity contribution in [1.29, 1.82) is 0 Å². The summed E-state index contributed by atoms with van der Waals surface area (Å²) in [5, 5.41) is 0.350. The van der Waals surface area contributed by atoms with E-state index in [0.717, 1.165) is 4.31 Å². The average Bonchev–Trinajstić information content (AvgIpc) is 2.40. The maximum Gasteiger partial charge on any atom is 0.245 e. The van der Waals surface area contributed by atoms with Gasteiger partial charge < -0.3 is 5.73 Å². The Hall–Kier alpha value is -1.63. The molecular weight excluding hydrogens is 315 g/mol. The van der Waals surface area contributed by atoms with Gasteiger partial charge in [0.25, 0.3) is 0 Å². The Labute approximate surface area is 128 Å². The minimum Gasteiger partial charge on any atom is -0.398 e. The molecule has 0 saturated carbocycles. The van der Waals surface area contributed by atoms with Gasteiger partial charge in [0.1, 0.15) is 10.7 Å². The smallest absolute Gasteiger partial charge is 0.245 e. The molecule has 2 N–H and O–H groups in total. The van der Waals surface area contributed by atoms with E-state index in [1.807, 2.05) is 0 Å². The fourth-order valence-corrected chi connectivity index (χ4v) is 3.30. The third-order valence-corrected chi connectivity index (χ3v) is 5.12. The van der Waals surface area contributed by atoms with Crippen molar-refractivity contribution in [2.45, 2.75) is 11.4 Å². The molecular formula is C14H14ClFN2O2S. The van der Waals surface area contributed by atoms with Crippen LogP contribution >= 0.6 is 11.6 Å². The second kappa shape index (κ2) is 6.01. The molecule has 0 spiro atoms. The first-order valence-electron chi connectivity index (χ1n) is 6.07. The monoisotopic (exact) mass is 328 g/mol. The first-order valence-corrected chi connectivity index (χ1v) is 7.89. The third kappa shape index (κ3) is 3.34. The largest absolute Gasteiger partial charge is 0.398 e. The van der Waals surface area contributed by atoms with E-state index in [0.29, 0.717) is 5.02 Å². The van der Waals surface area contributed by atoms with E-state index in [1.54, 1.807) is 12.1 Å². The molecule has 0 fully saturated rings. The fraction of sp³-hybridized carbons (Fsp3) is 0.143. The van der Waals surface area contributed by atoms with Gasteiger partial charge in [-0.2, -0.15) is 4.31 Å². The number of sulfonamides is 1. The molecule has 2 rings (SSSR count). The van der Waals surface area contributed by atoms with Crippen LogP contribution in [0.25, 0.3) is 0 Å². The zero-order chi connectivity index (χ0) is 15.6. The van der Waals surface area contributed by atoms with Crippen LogP contribution in [0.4, 0.5) is 10.1 Å². The van der Waals surface area contributed by atoms with Gasteiger partial charge in [-0.15, -0.1) is 0 Å². The fourth-order valence-electron chi connectivity index (χ4n) is 1.87. The highest BCUT2D eigenvalue weighted by Crippen LogP contribution is 2.26. The van der Waals surface area contributed by atoms with Crippen molar-refractivity contribution >= 4 is 27.3 Å². The summed E-state index contributed by atoms with van der Waals surface area (Å²) in [6, 6.07) is 10.2.